The minimum atomic E-state index is 0.541. The molecule has 0 spiro atoms. The van der Waals surface area contributed by atoms with E-state index < -0.39 is 0 Å². The number of pyridine rings is 1. The van der Waals surface area contributed by atoms with Gasteiger partial charge in [0.15, 0.2) is 0 Å². The van der Waals surface area contributed by atoms with Crippen molar-refractivity contribution in [2.24, 2.45) is 17.1 Å². The lowest BCUT2D eigenvalue weighted by molar-refractivity contribution is 0.733. The van der Waals surface area contributed by atoms with Crippen LogP contribution in [0.25, 0.3) is 11.5 Å². The van der Waals surface area contributed by atoms with Crippen LogP contribution in [0.5, 0.6) is 0 Å². The van der Waals surface area contributed by atoms with Gasteiger partial charge in [0.2, 0.25) is 11.6 Å². The van der Waals surface area contributed by atoms with E-state index in [9.17, 15) is 0 Å². The average Bonchev–Trinajstić information content (AvgIpc) is 3.33. The fourth-order valence-electron chi connectivity index (χ4n) is 3.29. The van der Waals surface area contributed by atoms with Crippen LogP contribution in [0.4, 0.5) is 11.5 Å². The summed E-state index contributed by atoms with van der Waals surface area (Å²) in [5.41, 5.74) is 4.91. The zero-order valence-electron chi connectivity index (χ0n) is 17.7. The minimum Gasteiger partial charge on any atom is -0.357 e. The first-order valence-corrected chi connectivity index (χ1v) is 9.77. The van der Waals surface area contributed by atoms with Crippen molar-refractivity contribution in [3.8, 4) is 11.5 Å². The van der Waals surface area contributed by atoms with Crippen LogP contribution in [0.1, 0.15) is 38.0 Å². The number of nitrogens with zero attached hydrogens (tertiary/aromatic N) is 9. The molecular weight excluding hydrogens is 366 g/mol. The Hall–Kier alpha value is -3.36. The number of anilines is 1. The lowest BCUT2D eigenvalue weighted by Crippen LogP contribution is -2.23. The molecule has 150 valence electrons. The topological polar surface area (TPSA) is 89.4 Å². The molecule has 0 atom stereocenters. The molecule has 9 nitrogen and oxygen atoms in total. The zero-order valence-corrected chi connectivity index (χ0v) is 17.7. The molecule has 29 heavy (non-hydrogen) atoms. The monoisotopic (exact) mass is 391 g/mol. The van der Waals surface area contributed by atoms with Crippen molar-refractivity contribution in [3.63, 3.8) is 0 Å². The van der Waals surface area contributed by atoms with Crippen LogP contribution in [0.15, 0.2) is 28.3 Å². The van der Waals surface area contributed by atoms with E-state index in [0.29, 0.717) is 17.4 Å². The number of aromatic nitrogens is 6. The van der Waals surface area contributed by atoms with Gasteiger partial charge in [0.05, 0.1) is 17.1 Å². The van der Waals surface area contributed by atoms with E-state index in [2.05, 4.69) is 39.0 Å². The molecule has 1 aliphatic rings. The van der Waals surface area contributed by atoms with Gasteiger partial charge in [-0.15, -0.1) is 9.89 Å². The van der Waals surface area contributed by atoms with Gasteiger partial charge in [-0.3, -0.25) is 4.68 Å². The first-order valence-electron chi connectivity index (χ1n) is 9.77. The standard InChI is InChI=1S/C20H25N9/c1-7-28(8-2)17-10-9-15(13(4)21-17)22-18-14(5)24-29-20(18)23-19(26-29)16-11-12(3)27(6)25-16/h9-11H,7-8H2,1-6H3/b22-18-. The number of aryl methyl sites for hydroxylation is 3. The molecular formula is C20H25N9. The summed E-state index contributed by atoms with van der Waals surface area (Å²) in [7, 11) is 1.90. The first kappa shape index (κ1) is 19.0. The van der Waals surface area contributed by atoms with Crippen molar-refractivity contribution < 1.29 is 0 Å². The molecule has 0 saturated carbocycles. The van der Waals surface area contributed by atoms with Crippen molar-refractivity contribution in [1.29, 1.82) is 0 Å². The van der Waals surface area contributed by atoms with Crippen LogP contribution in [0.3, 0.4) is 0 Å². The molecule has 0 fully saturated rings. The number of fused-ring (bicyclic) bond motifs is 1. The summed E-state index contributed by atoms with van der Waals surface area (Å²) >= 11 is 0. The van der Waals surface area contributed by atoms with Crippen molar-refractivity contribution >= 4 is 22.9 Å². The van der Waals surface area contributed by atoms with E-state index in [-0.39, 0.29) is 0 Å². The molecule has 0 aromatic carbocycles. The Morgan fingerprint density at radius 3 is 2.41 bits per heavy atom. The van der Waals surface area contributed by atoms with Gasteiger partial charge in [-0.1, -0.05) is 0 Å². The van der Waals surface area contributed by atoms with E-state index in [1.165, 1.54) is 4.79 Å². The highest BCUT2D eigenvalue weighted by Crippen LogP contribution is 2.24. The molecule has 4 heterocycles. The lowest BCUT2D eigenvalue weighted by atomic mass is 10.2. The fraction of sp³-hybridized carbons (Fsp3) is 0.400. The van der Waals surface area contributed by atoms with Crippen LogP contribution < -0.4 is 4.90 Å². The highest BCUT2D eigenvalue weighted by atomic mass is 15.6. The Bertz CT molecular complexity index is 1110. The van der Waals surface area contributed by atoms with E-state index in [4.69, 9.17) is 9.98 Å². The maximum Gasteiger partial charge on any atom is 0.204 e. The smallest absolute Gasteiger partial charge is 0.204 e. The number of aliphatic imine (C=N–C) groups is 1. The molecule has 0 amide bonds. The Balaban J connectivity index is 1.71. The minimum absolute atomic E-state index is 0.541. The molecule has 0 aliphatic carbocycles. The second kappa shape index (κ2) is 7.23. The predicted octanol–water partition coefficient (Wildman–Crippen LogP) is 2.90. The Morgan fingerprint density at radius 1 is 1.03 bits per heavy atom. The molecule has 0 unspecified atom stereocenters. The molecule has 0 bridgehead atoms. The third kappa shape index (κ3) is 3.32. The molecule has 0 saturated heterocycles. The van der Waals surface area contributed by atoms with Crippen molar-refractivity contribution in [1.82, 2.24) is 29.6 Å². The Kier molecular flexibility index (Phi) is 4.73. The van der Waals surface area contributed by atoms with Crippen LogP contribution in [0.2, 0.25) is 0 Å². The van der Waals surface area contributed by atoms with Gasteiger partial charge < -0.3 is 4.90 Å². The SMILES string of the molecule is CCN(CC)c1ccc(/N=C2/C(C)=Nn3nc(-c4cc(C)n(C)n4)nc32)c(C)n1. The van der Waals surface area contributed by atoms with E-state index in [1.807, 2.05) is 46.0 Å². The van der Waals surface area contributed by atoms with Crippen molar-refractivity contribution in [2.45, 2.75) is 34.6 Å². The summed E-state index contributed by atoms with van der Waals surface area (Å²) in [5.74, 6) is 2.12. The van der Waals surface area contributed by atoms with Gasteiger partial charge in [0.1, 0.15) is 17.2 Å². The van der Waals surface area contributed by atoms with Gasteiger partial charge in [-0.2, -0.15) is 10.2 Å². The van der Waals surface area contributed by atoms with Crippen LogP contribution >= 0.6 is 0 Å². The summed E-state index contributed by atoms with van der Waals surface area (Å²) in [5, 5.41) is 13.4. The van der Waals surface area contributed by atoms with E-state index in [0.717, 1.165) is 47.4 Å². The van der Waals surface area contributed by atoms with Gasteiger partial charge in [-0.05, 0) is 52.8 Å². The first-order chi connectivity index (χ1) is 13.9. The zero-order chi connectivity index (χ0) is 20.7. The second-order valence-corrected chi connectivity index (χ2v) is 7.04. The summed E-state index contributed by atoms with van der Waals surface area (Å²) in [6, 6.07) is 5.96. The third-order valence-electron chi connectivity index (χ3n) is 5.10. The van der Waals surface area contributed by atoms with Crippen molar-refractivity contribution in [3.05, 3.63) is 35.4 Å². The average molecular weight is 391 g/mol. The number of hydrogen-bond acceptors (Lipinski definition) is 7. The maximum atomic E-state index is 4.82. The van der Waals surface area contributed by atoms with Gasteiger partial charge in [0, 0.05) is 25.8 Å². The number of hydrogen-bond donors (Lipinski definition) is 0. The third-order valence-corrected chi connectivity index (χ3v) is 5.10. The van der Waals surface area contributed by atoms with Gasteiger partial charge in [0.25, 0.3) is 0 Å². The molecule has 0 N–H and O–H groups in total. The Labute approximate surface area is 169 Å². The van der Waals surface area contributed by atoms with E-state index in [1.54, 1.807) is 4.68 Å². The van der Waals surface area contributed by atoms with Crippen molar-refractivity contribution in [2.75, 3.05) is 18.0 Å². The summed E-state index contributed by atoms with van der Waals surface area (Å²) < 4.78 is 1.80. The van der Waals surface area contributed by atoms with Crippen LogP contribution in [-0.2, 0) is 7.05 Å². The Morgan fingerprint density at radius 2 is 1.79 bits per heavy atom. The lowest BCUT2D eigenvalue weighted by Gasteiger charge is -2.20. The summed E-state index contributed by atoms with van der Waals surface area (Å²) in [6.45, 7) is 12.0. The van der Waals surface area contributed by atoms with Crippen LogP contribution in [-0.4, -0.2) is 54.2 Å². The van der Waals surface area contributed by atoms with Gasteiger partial charge in [-0.25, -0.2) is 15.0 Å². The highest BCUT2D eigenvalue weighted by molar-refractivity contribution is 6.48. The molecule has 1 aliphatic heterocycles. The maximum absolute atomic E-state index is 4.82. The quantitative estimate of drug-likeness (QED) is 0.667. The largest absolute Gasteiger partial charge is 0.357 e. The predicted molar refractivity (Wildman–Crippen MR) is 114 cm³/mol. The summed E-state index contributed by atoms with van der Waals surface area (Å²) in [4.78, 5) is 17.9. The highest BCUT2D eigenvalue weighted by Gasteiger charge is 2.26. The molecule has 4 rings (SSSR count). The molecule has 3 aromatic rings. The van der Waals surface area contributed by atoms with Gasteiger partial charge >= 0.3 is 0 Å². The molecule has 9 heteroatoms. The normalized spacial score (nSPS) is 14.4. The summed E-state index contributed by atoms with van der Waals surface area (Å²) in [6.07, 6.45) is 0. The van der Waals surface area contributed by atoms with E-state index >= 15 is 0 Å². The molecule has 3 aromatic heterocycles. The van der Waals surface area contributed by atoms with Crippen LogP contribution in [0, 0.1) is 13.8 Å². The second-order valence-electron chi connectivity index (χ2n) is 7.04. The molecule has 0 radical (unpaired) electrons. The number of rotatable bonds is 5. The fourth-order valence-corrected chi connectivity index (χ4v) is 3.29.